The summed E-state index contributed by atoms with van der Waals surface area (Å²) in [4.78, 5) is 32.5. The highest BCUT2D eigenvalue weighted by Gasteiger charge is 2.43. The number of pyridine rings is 2. The van der Waals surface area contributed by atoms with Gasteiger partial charge in [-0.25, -0.2) is 0 Å². The lowest BCUT2D eigenvalue weighted by Crippen LogP contribution is -2.45. The van der Waals surface area contributed by atoms with E-state index >= 15 is 0 Å². The predicted molar refractivity (Wildman–Crippen MR) is 107 cm³/mol. The normalized spacial score (nSPS) is 25.0. The van der Waals surface area contributed by atoms with Gasteiger partial charge in [0.1, 0.15) is 5.60 Å². The molecule has 2 saturated heterocycles. The first-order valence-electron chi connectivity index (χ1n) is 9.96. The van der Waals surface area contributed by atoms with Crippen LogP contribution in [0.1, 0.15) is 28.8 Å². The molecule has 8 heteroatoms. The van der Waals surface area contributed by atoms with Crippen LogP contribution in [-0.2, 0) is 16.0 Å². The van der Waals surface area contributed by atoms with Crippen molar-refractivity contribution >= 4 is 5.91 Å². The highest BCUT2D eigenvalue weighted by atomic mass is 16.6. The number of carbonyl (C=O) groups excluding carboxylic acids is 1. The van der Waals surface area contributed by atoms with Gasteiger partial charge in [-0.3, -0.25) is 19.5 Å². The smallest absolute Gasteiger partial charge is 0.252 e. The quantitative estimate of drug-likeness (QED) is 0.779. The highest BCUT2D eigenvalue weighted by Crippen LogP contribution is 2.33. The van der Waals surface area contributed by atoms with E-state index < -0.39 is 0 Å². The van der Waals surface area contributed by atoms with Crippen LogP contribution in [0.25, 0.3) is 0 Å². The van der Waals surface area contributed by atoms with E-state index in [1.807, 2.05) is 6.07 Å². The Morgan fingerprint density at radius 2 is 2.31 bits per heavy atom. The summed E-state index contributed by atoms with van der Waals surface area (Å²) in [6.07, 6.45) is 6.69. The summed E-state index contributed by atoms with van der Waals surface area (Å²) in [7, 11) is 0. The van der Waals surface area contributed by atoms with Gasteiger partial charge in [0.15, 0.2) is 0 Å². The van der Waals surface area contributed by atoms with E-state index in [4.69, 9.17) is 9.47 Å². The van der Waals surface area contributed by atoms with Crippen LogP contribution in [0.5, 0.6) is 0 Å². The molecule has 2 aromatic rings. The average molecular weight is 398 g/mol. The van der Waals surface area contributed by atoms with Gasteiger partial charge in [-0.15, -0.1) is 0 Å². The molecule has 0 radical (unpaired) electrons. The van der Waals surface area contributed by atoms with Crippen molar-refractivity contribution < 1.29 is 14.3 Å². The molecule has 0 aromatic carbocycles. The first kappa shape index (κ1) is 19.8. The molecular formula is C21H26N4O4. The number of hydrogen-bond acceptors (Lipinski definition) is 6. The predicted octanol–water partition coefficient (Wildman–Crippen LogP) is 0.950. The number of nitrogens with one attached hydrogen (secondary N) is 2. The van der Waals surface area contributed by atoms with Crippen LogP contribution in [-0.4, -0.2) is 65.3 Å². The molecule has 4 heterocycles. The molecule has 0 bridgehead atoms. The molecule has 0 aliphatic carbocycles. The van der Waals surface area contributed by atoms with Gasteiger partial charge in [0, 0.05) is 50.8 Å². The summed E-state index contributed by atoms with van der Waals surface area (Å²) in [5.74, 6) is -0.139. The lowest BCUT2D eigenvalue weighted by molar-refractivity contribution is -0.0849. The van der Waals surface area contributed by atoms with Gasteiger partial charge in [-0.2, -0.15) is 0 Å². The van der Waals surface area contributed by atoms with Gasteiger partial charge in [-0.1, -0.05) is 6.07 Å². The minimum Gasteiger partial charge on any atom is -0.377 e. The zero-order valence-corrected chi connectivity index (χ0v) is 16.3. The first-order valence-corrected chi connectivity index (χ1v) is 9.96. The molecule has 0 saturated carbocycles. The second-order valence-corrected chi connectivity index (χ2v) is 7.74. The Morgan fingerprint density at radius 3 is 3.10 bits per heavy atom. The number of carbonyl (C=O) groups is 1. The molecule has 8 nitrogen and oxygen atoms in total. The lowest BCUT2D eigenvalue weighted by atomic mass is 10.00. The monoisotopic (exact) mass is 398 g/mol. The summed E-state index contributed by atoms with van der Waals surface area (Å²) >= 11 is 0. The Hall–Kier alpha value is -2.55. The number of aromatic amines is 1. The van der Waals surface area contributed by atoms with E-state index in [2.05, 4.69) is 20.2 Å². The van der Waals surface area contributed by atoms with Crippen molar-refractivity contribution in [3.8, 4) is 0 Å². The zero-order chi connectivity index (χ0) is 20.1. The molecule has 2 aliphatic heterocycles. The molecule has 2 aromatic heterocycles. The molecule has 2 N–H and O–H groups in total. The number of aromatic nitrogens is 2. The van der Waals surface area contributed by atoms with Crippen LogP contribution in [0.2, 0.25) is 0 Å². The average Bonchev–Trinajstić information content (AvgIpc) is 3.03. The van der Waals surface area contributed by atoms with Crippen LogP contribution in [0.15, 0.2) is 47.7 Å². The molecule has 1 amide bonds. The minimum atomic E-state index is -0.359. The van der Waals surface area contributed by atoms with Gasteiger partial charge in [0.25, 0.3) is 5.91 Å². The standard InChI is InChI=1S/C21H26N4O4/c26-19-4-3-16(10-23-19)13-25-8-9-28-15-21(14-25)6-5-18(29-21)12-24-20(27)17-2-1-7-22-11-17/h1-4,7,10-11,18H,5-6,8-9,12-15H2,(H,23,26)(H,24,27)/t18-,21-/m0/s1. The molecule has 2 atom stereocenters. The van der Waals surface area contributed by atoms with Gasteiger partial charge >= 0.3 is 0 Å². The van der Waals surface area contributed by atoms with Crippen molar-refractivity contribution in [3.05, 3.63) is 64.3 Å². The maximum atomic E-state index is 12.2. The largest absolute Gasteiger partial charge is 0.377 e. The Labute approximate surface area is 169 Å². The topological polar surface area (TPSA) is 96.6 Å². The second-order valence-electron chi connectivity index (χ2n) is 7.74. The molecular weight excluding hydrogens is 372 g/mol. The Bertz CT molecular complexity index is 867. The summed E-state index contributed by atoms with van der Waals surface area (Å²) in [5.41, 5.74) is 1.15. The van der Waals surface area contributed by atoms with Crippen LogP contribution in [0.4, 0.5) is 0 Å². The third kappa shape index (κ3) is 5.09. The van der Waals surface area contributed by atoms with E-state index in [9.17, 15) is 9.59 Å². The van der Waals surface area contributed by atoms with Crippen LogP contribution < -0.4 is 10.9 Å². The number of rotatable bonds is 5. The number of H-pyrrole nitrogens is 1. The van der Waals surface area contributed by atoms with E-state index in [-0.39, 0.29) is 23.2 Å². The molecule has 1 spiro atoms. The van der Waals surface area contributed by atoms with E-state index in [0.29, 0.717) is 25.3 Å². The number of hydrogen-bond donors (Lipinski definition) is 2. The summed E-state index contributed by atoms with van der Waals surface area (Å²) < 4.78 is 12.2. The number of nitrogens with zero attached hydrogens (tertiary/aromatic N) is 2. The van der Waals surface area contributed by atoms with Crippen LogP contribution >= 0.6 is 0 Å². The zero-order valence-electron chi connectivity index (χ0n) is 16.3. The maximum Gasteiger partial charge on any atom is 0.252 e. The van der Waals surface area contributed by atoms with Gasteiger partial charge in [0.2, 0.25) is 5.56 Å². The Morgan fingerprint density at radius 1 is 1.38 bits per heavy atom. The minimum absolute atomic E-state index is 0.0350. The molecule has 154 valence electrons. The van der Waals surface area contributed by atoms with Gasteiger partial charge < -0.3 is 19.8 Å². The third-order valence-corrected chi connectivity index (χ3v) is 5.44. The highest BCUT2D eigenvalue weighted by molar-refractivity contribution is 5.93. The molecule has 2 aliphatic rings. The van der Waals surface area contributed by atoms with E-state index in [1.165, 1.54) is 0 Å². The van der Waals surface area contributed by atoms with Crippen molar-refractivity contribution in [3.63, 3.8) is 0 Å². The van der Waals surface area contributed by atoms with E-state index in [0.717, 1.165) is 38.0 Å². The van der Waals surface area contributed by atoms with Gasteiger partial charge in [0.05, 0.1) is 24.9 Å². The molecule has 4 rings (SSSR count). The summed E-state index contributed by atoms with van der Waals surface area (Å²) in [6.45, 7) is 3.98. The Kier molecular flexibility index (Phi) is 6.03. The van der Waals surface area contributed by atoms with Crippen molar-refractivity contribution in [2.45, 2.75) is 31.1 Å². The SMILES string of the molecule is O=C(NC[C@@H]1CC[C@]2(COCCN(Cc3ccc(=O)[nH]c3)C2)O1)c1cccnc1. The molecule has 2 fully saturated rings. The fraction of sp³-hybridized carbons (Fsp3) is 0.476. The number of ether oxygens (including phenoxy) is 2. The fourth-order valence-electron chi connectivity index (χ4n) is 3.99. The second kappa shape index (κ2) is 8.86. The molecule has 29 heavy (non-hydrogen) atoms. The summed E-state index contributed by atoms with van der Waals surface area (Å²) in [5, 5.41) is 2.94. The van der Waals surface area contributed by atoms with E-state index in [1.54, 1.807) is 36.8 Å². The molecule has 0 unspecified atom stereocenters. The lowest BCUT2D eigenvalue weighted by Gasteiger charge is -2.32. The van der Waals surface area contributed by atoms with Gasteiger partial charge in [-0.05, 0) is 30.5 Å². The maximum absolute atomic E-state index is 12.2. The Balaban J connectivity index is 1.33. The third-order valence-electron chi connectivity index (χ3n) is 5.44. The van der Waals surface area contributed by atoms with Crippen molar-refractivity contribution in [2.75, 3.05) is 32.8 Å². The van der Waals surface area contributed by atoms with Crippen LogP contribution in [0.3, 0.4) is 0 Å². The van der Waals surface area contributed by atoms with Crippen molar-refractivity contribution in [1.29, 1.82) is 0 Å². The first-order chi connectivity index (χ1) is 14.1. The van der Waals surface area contributed by atoms with Crippen LogP contribution in [0, 0.1) is 0 Å². The van der Waals surface area contributed by atoms with Crippen molar-refractivity contribution in [2.24, 2.45) is 0 Å². The fourth-order valence-corrected chi connectivity index (χ4v) is 3.99. The number of amides is 1. The van der Waals surface area contributed by atoms with Crippen molar-refractivity contribution in [1.82, 2.24) is 20.2 Å². The summed E-state index contributed by atoms with van der Waals surface area (Å²) in [6, 6.07) is 6.89.